The molecule has 0 radical (unpaired) electrons. The van der Waals surface area contributed by atoms with Crippen LogP contribution in [-0.2, 0) is 69.7 Å². The molecule has 2 aromatic heterocycles. The Balaban J connectivity index is 0.000000512. The van der Waals surface area contributed by atoms with Gasteiger partial charge in [-0.2, -0.15) is 26.6 Å². The van der Waals surface area contributed by atoms with Gasteiger partial charge in [-0.1, -0.05) is 105 Å². The van der Waals surface area contributed by atoms with E-state index in [2.05, 4.69) is 194 Å². The average molecular weight is 1580 g/mol. The Morgan fingerprint density at radius 3 is 1.27 bits per heavy atom. The van der Waals surface area contributed by atoms with Gasteiger partial charge in [0.15, 0.2) is 12.1 Å². The number of hydrogen-bond acceptors (Lipinski definition) is 17. The van der Waals surface area contributed by atoms with E-state index in [1.165, 1.54) is 7.11 Å². The van der Waals surface area contributed by atoms with Gasteiger partial charge in [0.2, 0.25) is 14.2 Å². The molecule has 98 heavy (non-hydrogen) atoms. The molecule has 2 aromatic rings. The molecule has 17 nitrogen and oxygen atoms in total. The third-order valence-electron chi connectivity index (χ3n) is 18.3. The second kappa shape index (κ2) is 38.4. The molecular weight excluding hydrogens is 1450 g/mol. The number of rotatable bonds is 33. The SMILES string of the molecule is CO[C@@H]1C[C@H]([C@@H](/C=C(C)/C=C/[C@@H](CC#C[Si](C)(C)C)OC)O[Si](C(C)C)(C(C)C)C(C)C)O[C@@](Cc2n[c]([Sn]([CH3])([CH3])[CH3])co2)(OC)C1.CO[C@@H]1C[C@H]([C@@H](/C=C(C)/C=C/[C@@H](CC#C[Si](C)(C)C)OC)O[Si](C(C)C)(C(C)C)C(C)C)O[C@@](Cc2nc(OS(=O)(=O)C(F)(F)F)co2)(OC)C1. The van der Waals surface area contributed by atoms with Gasteiger partial charge in [0.05, 0.1) is 36.9 Å². The molecule has 0 unspecified atom stereocenters. The van der Waals surface area contributed by atoms with Crippen LogP contribution in [0, 0.1) is 22.9 Å². The number of nitrogens with zero attached hydrogens (tertiary/aromatic N) is 2. The van der Waals surface area contributed by atoms with E-state index in [0.717, 1.165) is 14.9 Å². The summed E-state index contributed by atoms with van der Waals surface area (Å²) >= 11 is -2.41. The summed E-state index contributed by atoms with van der Waals surface area (Å²) in [6.45, 7) is 44.6. The van der Waals surface area contributed by atoms with Crippen LogP contribution in [0.2, 0.25) is 87.3 Å². The Bertz CT molecular complexity index is 3100. The number of methoxy groups -OCH3 is 6. The third kappa shape index (κ3) is 26.5. The van der Waals surface area contributed by atoms with Gasteiger partial charge < -0.3 is 36.7 Å². The predicted molar refractivity (Wildman–Crippen MR) is 399 cm³/mol. The van der Waals surface area contributed by atoms with Crippen molar-refractivity contribution in [2.24, 2.45) is 0 Å². The topological polar surface area (TPSA) is 188 Å². The van der Waals surface area contributed by atoms with Gasteiger partial charge in [0.1, 0.15) is 16.1 Å². The maximum atomic E-state index is 12.9. The first kappa shape index (κ1) is 89.5. The molecule has 0 saturated carbocycles. The molecular formula is C72H125F3N2O15SSi4Sn. The van der Waals surface area contributed by atoms with Crippen molar-refractivity contribution in [3.63, 3.8) is 0 Å². The minimum atomic E-state index is -5.94. The molecule has 0 bridgehead atoms. The molecule has 2 aliphatic rings. The molecule has 26 heteroatoms. The standard InChI is InChI=1S/C35H58F3NO9SSi2.C34H58NO6Si2.3CH3.Sn/c1-24(2)51(25(3)4,26(5)6)48-31(19-27(7)16-17-28(42-8)15-14-18-50(11,12)13)30-20-29(43-9)21-34(44-10,46-30)22-32-39-33(23-45-32)47-49(40,41)35(36,37)38;1-25(2)43(26(3)4,27(5)6)41-32(21-28(7)16-17-29(36-8)15-14-20-42(11,12)13)31-22-30(37-9)23-34(38-10,40-31)24-33-35-18-19-39-33;;;;/h16-17,19,23-26,28-31H,15,20-22H2,1-13H3;16-17,19,21,25-27,29-32H,15,22-24H2,1-13H3;3*1H3;/b17-16+,27-19+;17-16+,28-21+;;;;/t28-,29-,30-,31-,34+;29-,30-,31-,32-,34+;;;;/m11..../s1. The zero-order valence-corrected chi connectivity index (χ0v) is 72.6. The van der Waals surface area contributed by atoms with Gasteiger partial charge in [-0.15, -0.1) is 22.9 Å². The average Bonchev–Trinajstić information content (AvgIpc) is 0.915. The van der Waals surface area contributed by atoms with Gasteiger partial charge in [-0.25, -0.2) is 0 Å². The number of hydrogen-bond donors (Lipinski definition) is 0. The van der Waals surface area contributed by atoms with Crippen LogP contribution in [0.3, 0.4) is 0 Å². The fourth-order valence-electron chi connectivity index (χ4n) is 13.5. The second-order valence-electron chi connectivity index (χ2n) is 31.3. The van der Waals surface area contributed by atoms with Crippen LogP contribution >= 0.6 is 0 Å². The van der Waals surface area contributed by atoms with Crippen LogP contribution in [0.5, 0.6) is 5.88 Å². The maximum absolute atomic E-state index is 12.9. The quantitative estimate of drug-likeness (QED) is 0.0216. The summed E-state index contributed by atoms with van der Waals surface area (Å²) in [6, 6.07) is 0. The van der Waals surface area contributed by atoms with Crippen molar-refractivity contribution in [2.75, 3.05) is 42.7 Å². The molecule has 2 fully saturated rings. The van der Waals surface area contributed by atoms with Gasteiger partial charge in [0, 0.05) is 54.1 Å². The molecule has 0 aromatic carbocycles. The Morgan fingerprint density at radius 2 is 0.969 bits per heavy atom. The van der Waals surface area contributed by atoms with Crippen molar-refractivity contribution >= 4 is 65.0 Å². The number of aromatic nitrogens is 2. The smallest absolute Gasteiger partial charge is 0.445 e. The zero-order valence-electron chi connectivity index (χ0n) is 64.9. The van der Waals surface area contributed by atoms with Crippen molar-refractivity contribution in [2.45, 2.75) is 302 Å². The number of oxazole rings is 2. The zero-order chi connectivity index (χ0) is 74.8. The Kier molecular flexibility index (Phi) is 35.0. The van der Waals surface area contributed by atoms with E-state index < -0.39 is 96.4 Å². The number of ether oxygens (including phenoxy) is 8. The molecule has 4 rings (SSSR count). The minimum absolute atomic E-state index is 0.0729. The van der Waals surface area contributed by atoms with E-state index in [0.29, 0.717) is 67.3 Å². The van der Waals surface area contributed by atoms with Gasteiger partial charge in [-0.3, -0.25) is 0 Å². The van der Waals surface area contributed by atoms with Gasteiger partial charge in [-0.05, 0) is 23.5 Å². The number of allylic oxidation sites excluding steroid dienone is 4. The number of halogens is 3. The van der Waals surface area contributed by atoms with Crippen LogP contribution in [0.1, 0.15) is 147 Å². The summed E-state index contributed by atoms with van der Waals surface area (Å²) in [4.78, 5) is 15.8. The summed E-state index contributed by atoms with van der Waals surface area (Å²) in [7, 11) is -3.77. The summed E-state index contributed by atoms with van der Waals surface area (Å²) in [5.41, 5.74) is 5.26. The molecule has 0 aliphatic carbocycles. The fraction of sp³-hybridized carbons (Fsp3) is 0.750. The first-order valence-electron chi connectivity index (χ1n) is 34.7. The predicted octanol–water partition coefficient (Wildman–Crippen LogP) is 17.0. The molecule has 0 N–H and O–H groups in total. The molecule has 10 atom stereocenters. The monoisotopic (exact) mass is 1580 g/mol. The molecule has 2 aliphatic heterocycles. The summed E-state index contributed by atoms with van der Waals surface area (Å²) in [5, 5.41) is 0. The van der Waals surface area contributed by atoms with Crippen LogP contribution in [0.4, 0.5) is 13.2 Å². The van der Waals surface area contributed by atoms with Crippen LogP contribution < -0.4 is 7.89 Å². The van der Waals surface area contributed by atoms with Crippen LogP contribution in [-0.4, -0.2) is 178 Å². The van der Waals surface area contributed by atoms with E-state index in [9.17, 15) is 21.6 Å². The van der Waals surface area contributed by atoms with E-state index in [-0.39, 0.29) is 72.0 Å². The van der Waals surface area contributed by atoms with Crippen molar-refractivity contribution in [3.8, 4) is 28.8 Å². The van der Waals surface area contributed by atoms with E-state index >= 15 is 0 Å². The van der Waals surface area contributed by atoms with Crippen molar-refractivity contribution < 1.29 is 81.4 Å². The van der Waals surface area contributed by atoms with Crippen molar-refractivity contribution in [1.29, 1.82) is 0 Å². The van der Waals surface area contributed by atoms with Gasteiger partial charge in [0.25, 0.3) is 5.88 Å². The largest absolute Gasteiger partial charge is 0.534 e. The third-order valence-corrected chi connectivity index (χ3v) is 38.4. The first-order chi connectivity index (χ1) is 45.1. The van der Waals surface area contributed by atoms with Gasteiger partial charge >= 0.3 is 248 Å². The Hall–Kier alpha value is -2.69. The first-order valence-corrected chi connectivity index (χ1v) is 57.4. The molecule has 0 amide bonds. The summed E-state index contributed by atoms with van der Waals surface area (Å²) in [6.07, 6.45) is 16.0. The molecule has 0 spiro atoms. The van der Waals surface area contributed by atoms with E-state index in [1.807, 2.05) is 31.4 Å². The van der Waals surface area contributed by atoms with Crippen LogP contribution in [0.15, 0.2) is 69.0 Å². The normalized spacial score (nSPS) is 22.8. The Labute approximate surface area is 597 Å². The van der Waals surface area contributed by atoms with Crippen LogP contribution in [0.25, 0.3) is 0 Å². The molecule has 2 saturated heterocycles. The van der Waals surface area contributed by atoms with Crippen molar-refractivity contribution in [1.82, 2.24) is 9.97 Å². The molecule has 560 valence electrons. The van der Waals surface area contributed by atoms with Crippen molar-refractivity contribution in [3.05, 3.63) is 71.9 Å². The van der Waals surface area contributed by atoms with E-state index in [4.69, 9.17) is 60.6 Å². The fourth-order valence-corrected chi connectivity index (χ4v) is 28.6. The minimum Gasteiger partial charge on any atom is -0.445 e. The van der Waals surface area contributed by atoms with E-state index in [1.54, 1.807) is 35.5 Å². The summed E-state index contributed by atoms with van der Waals surface area (Å²) in [5.74, 6) is 3.90. The molecule has 4 heterocycles. The summed E-state index contributed by atoms with van der Waals surface area (Å²) < 4.78 is 143. The number of alkyl halides is 3. The maximum Gasteiger partial charge on any atom is 0.534 e. The Morgan fingerprint density at radius 1 is 0.612 bits per heavy atom. The second-order valence-corrected chi connectivity index (χ2v) is 67.5.